The second-order valence-corrected chi connectivity index (χ2v) is 9.32. The summed E-state index contributed by atoms with van der Waals surface area (Å²) in [5, 5.41) is 15.0. The number of nitrogens with zero attached hydrogens (tertiary/aromatic N) is 3. The molecule has 31 heavy (non-hydrogen) atoms. The van der Waals surface area contributed by atoms with E-state index in [1.54, 1.807) is 29.1 Å². The molecule has 0 aromatic carbocycles. The van der Waals surface area contributed by atoms with Crippen LogP contribution in [0.2, 0.25) is 0 Å². The van der Waals surface area contributed by atoms with Crippen LogP contribution in [0.5, 0.6) is 0 Å². The minimum absolute atomic E-state index is 0. The maximum Gasteiger partial charge on any atom is 1.00 e. The van der Waals surface area contributed by atoms with Crippen molar-refractivity contribution in [3.8, 4) is 0 Å². The minimum atomic E-state index is -0.302. The number of aliphatic hydroxyl groups excluding tert-OH is 1. The third-order valence-electron chi connectivity index (χ3n) is 4.40. The normalized spacial score (nSPS) is 17.6. The van der Waals surface area contributed by atoms with E-state index in [4.69, 9.17) is 0 Å². The first-order valence-corrected chi connectivity index (χ1v) is 10.7. The molecule has 0 bridgehead atoms. The Kier molecular flexibility index (Phi) is 14.3. The monoisotopic (exact) mass is 476 g/mol. The van der Waals surface area contributed by atoms with E-state index in [0.29, 0.717) is 25.9 Å². The van der Waals surface area contributed by atoms with Crippen molar-refractivity contribution in [2.45, 2.75) is 53.2 Å². The molecule has 3 heterocycles. The summed E-state index contributed by atoms with van der Waals surface area (Å²) >= 11 is 1.72. The van der Waals surface area contributed by atoms with Gasteiger partial charge in [0.25, 0.3) is 0 Å². The van der Waals surface area contributed by atoms with Crippen LogP contribution in [0.3, 0.4) is 0 Å². The Bertz CT molecular complexity index is 739. The van der Waals surface area contributed by atoms with Crippen LogP contribution < -0.4 is 62.0 Å². The van der Waals surface area contributed by atoms with Gasteiger partial charge in [0.1, 0.15) is 0 Å². The summed E-state index contributed by atoms with van der Waals surface area (Å²) in [6.45, 7) is 9.84. The van der Waals surface area contributed by atoms with Gasteiger partial charge in [0.05, 0.1) is 47.2 Å². The van der Waals surface area contributed by atoms with E-state index in [1.165, 1.54) is 0 Å². The number of likely N-dealkylation sites (tertiary alicyclic amines) is 1. The average Bonchev–Trinajstić information content (AvgIpc) is 3.28. The first-order chi connectivity index (χ1) is 13.7. The molecule has 2 aliphatic rings. The van der Waals surface area contributed by atoms with Crippen molar-refractivity contribution >= 4 is 29.0 Å². The fourth-order valence-corrected chi connectivity index (χ4v) is 3.89. The minimum Gasteiger partial charge on any atom is -0.693 e. The van der Waals surface area contributed by atoms with Crippen LogP contribution >= 0.6 is 11.8 Å². The topological polar surface area (TPSA) is 141 Å². The van der Waals surface area contributed by atoms with E-state index < -0.39 is 0 Å². The van der Waals surface area contributed by atoms with Crippen LogP contribution in [0.4, 0.5) is 0 Å². The van der Waals surface area contributed by atoms with Crippen molar-refractivity contribution < 1.29 is 66.1 Å². The van der Waals surface area contributed by atoms with Gasteiger partial charge in [-0.15, -0.1) is 11.8 Å². The predicted octanol–water partition coefficient (Wildman–Crippen LogP) is -0.558. The number of amides is 2. The Morgan fingerprint density at radius 1 is 1.39 bits per heavy atom. The number of nitrogens with two attached hydrogens (primary N) is 1. The Balaban J connectivity index is 0.000000557. The van der Waals surface area contributed by atoms with Crippen molar-refractivity contribution in [3.05, 3.63) is 35.6 Å². The molecule has 0 aliphatic carbocycles. The summed E-state index contributed by atoms with van der Waals surface area (Å²) in [6, 6.07) is 0. The van der Waals surface area contributed by atoms with Crippen molar-refractivity contribution in [2.75, 3.05) is 19.0 Å². The van der Waals surface area contributed by atoms with Gasteiger partial charge in [-0.2, -0.15) is 0 Å². The third-order valence-corrected chi connectivity index (χ3v) is 5.49. The molecule has 0 saturated carbocycles. The number of β-amino-alcohol motifs (C(OH)–C–C–N with tert-alkyl or cyclic N) is 1. The zero-order chi connectivity index (χ0) is 21.4. The molecule has 1 saturated heterocycles. The first-order valence-electron chi connectivity index (χ1n) is 9.71. The number of thioether (sulfide) groups is 1. The quantitative estimate of drug-likeness (QED) is 0.382. The van der Waals surface area contributed by atoms with Gasteiger partial charge in [-0.3, -0.25) is 19.6 Å². The van der Waals surface area contributed by atoms with E-state index >= 15 is 0 Å². The number of hydrogen-bond donors (Lipinski definition) is 3. The van der Waals surface area contributed by atoms with Gasteiger partial charge in [0.2, 0.25) is 12.3 Å². The summed E-state index contributed by atoms with van der Waals surface area (Å²) in [6.07, 6.45) is 5.07. The molecule has 1 fully saturated rings. The predicted molar refractivity (Wildman–Crippen MR) is 120 cm³/mol. The maximum atomic E-state index is 11.6. The molecular weight excluding hydrogens is 443 g/mol. The Hall–Kier alpha value is -0.534. The van der Waals surface area contributed by atoms with E-state index in [1.807, 2.05) is 6.92 Å². The number of nitrogens with one attached hydrogen (secondary N) is 2. The summed E-state index contributed by atoms with van der Waals surface area (Å²) in [4.78, 5) is 33.2. The second kappa shape index (κ2) is 14.6. The summed E-state index contributed by atoms with van der Waals surface area (Å²) in [5.41, 5.74) is 2.82. The van der Waals surface area contributed by atoms with E-state index in [2.05, 4.69) is 41.4 Å². The Labute approximate surface area is 231 Å². The number of aromatic nitrogens is 2. The molecule has 1 atom stereocenters. The van der Waals surface area contributed by atoms with Crippen LogP contribution in [0.1, 0.15) is 51.9 Å². The summed E-state index contributed by atoms with van der Waals surface area (Å²) < 4.78 is 0. The molecule has 1 unspecified atom stereocenters. The van der Waals surface area contributed by atoms with Crippen molar-refractivity contribution in [3.63, 3.8) is 0 Å². The molecule has 2 amide bonds. The van der Waals surface area contributed by atoms with Gasteiger partial charge >= 0.3 is 51.4 Å². The summed E-state index contributed by atoms with van der Waals surface area (Å²) in [5.74, 6) is 1.06. The fraction of sp³-hybridized carbons (Fsp3) is 0.600. The zero-order valence-electron chi connectivity index (χ0n) is 19.1. The number of rotatable bonds is 5. The fourth-order valence-electron chi connectivity index (χ4n) is 2.91. The van der Waals surface area contributed by atoms with E-state index in [9.17, 15) is 14.7 Å². The van der Waals surface area contributed by atoms with Gasteiger partial charge in [-0.25, -0.2) is 0 Å². The molecule has 2 aliphatic heterocycles. The molecule has 1 aromatic heterocycles. The molecule has 11 heteroatoms. The molecule has 0 radical (unpaired) electrons. The van der Waals surface area contributed by atoms with Crippen LogP contribution in [-0.2, 0) is 16.1 Å². The van der Waals surface area contributed by atoms with Gasteiger partial charge < -0.3 is 26.8 Å². The standard InChI is InChI=1S/C10H12N4OS.C10H19NO2.K.H2N/c1-7-10(16-6-14-7)9-4-12-8(3-13-9)2-11-5-15;1-10(2,3)6-9(13)11-5-4-8(12)7-11;;/h3-5,14H,2,6H2,1H3,(H,11,15);8,12H,4-7H2,1-3H3;;1H2/q;;+1;-1. The van der Waals surface area contributed by atoms with Crippen molar-refractivity contribution in [1.29, 1.82) is 0 Å². The smallest absolute Gasteiger partial charge is 0.693 e. The number of aliphatic hydroxyl groups is 1. The molecule has 3 rings (SSSR count). The molecule has 168 valence electrons. The number of hydrogen-bond acceptors (Lipinski definition) is 7. The Morgan fingerprint density at radius 3 is 2.55 bits per heavy atom. The van der Waals surface area contributed by atoms with Crippen LogP contribution in [0, 0.1) is 5.41 Å². The van der Waals surface area contributed by atoms with E-state index in [0.717, 1.165) is 40.8 Å². The third kappa shape index (κ3) is 10.8. The van der Waals surface area contributed by atoms with Crippen LogP contribution in [0.25, 0.3) is 11.1 Å². The second-order valence-electron chi connectivity index (χ2n) is 8.33. The molecule has 9 nitrogen and oxygen atoms in total. The first kappa shape index (κ1) is 30.5. The van der Waals surface area contributed by atoms with Crippen LogP contribution in [-0.4, -0.2) is 57.4 Å². The molecule has 0 spiro atoms. The maximum absolute atomic E-state index is 11.6. The molecule has 5 N–H and O–H groups in total. The van der Waals surface area contributed by atoms with Gasteiger partial charge in [-0.05, 0) is 18.8 Å². The number of carbonyl (C=O) groups excluding carboxylic acids is 2. The van der Waals surface area contributed by atoms with Gasteiger partial charge in [-0.1, -0.05) is 20.8 Å². The Morgan fingerprint density at radius 2 is 2.10 bits per heavy atom. The van der Waals surface area contributed by atoms with Crippen LogP contribution in [0.15, 0.2) is 18.1 Å². The van der Waals surface area contributed by atoms with E-state index in [-0.39, 0.29) is 75.0 Å². The SMILES string of the molecule is CC(C)(C)CC(=O)N1CCC(O)C1.CC1=C(c2cnc(CNC=O)cn2)SCN1.[K+].[NH2-]. The largest absolute Gasteiger partial charge is 1.00 e. The average molecular weight is 477 g/mol. The van der Waals surface area contributed by atoms with Gasteiger partial charge in [0, 0.05) is 25.2 Å². The molecule has 1 aromatic rings. The van der Waals surface area contributed by atoms with Crippen molar-refractivity contribution in [1.82, 2.24) is 25.5 Å². The zero-order valence-corrected chi connectivity index (χ0v) is 23.1. The van der Waals surface area contributed by atoms with Crippen molar-refractivity contribution in [2.24, 2.45) is 5.41 Å². The number of allylic oxidation sites excluding steroid dienone is 1. The number of carbonyl (C=O) groups is 2. The molecular formula is C20H33KN6O3S. The van der Waals surface area contributed by atoms with Gasteiger partial charge in [0.15, 0.2) is 0 Å². The summed E-state index contributed by atoms with van der Waals surface area (Å²) in [7, 11) is 0.